The van der Waals surface area contributed by atoms with E-state index in [0.717, 1.165) is 5.56 Å². The minimum atomic E-state index is -1.10. The molecule has 2 unspecified atom stereocenters. The zero-order valence-corrected chi connectivity index (χ0v) is 14.1. The highest BCUT2D eigenvalue weighted by Gasteiger charge is 2.26. The number of carbonyl (C=O) groups excluding carboxylic acids is 1. The minimum absolute atomic E-state index is 0.185. The maximum absolute atomic E-state index is 12.7. The van der Waals surface area contributed by atoms with Crippen LogP contribution in [0, 0.1) is 0 Å². The minimum Gasteiger partial charge on any atom is -0.480 e. The van der Waals surface area contributed by atoms with E-state index in [9.17, 15) is 19.5 Å². The maximum Gasteiger partial charge on any atom is 0.326 e. The van der Waals surface area contributed by atoms with E-state index in [2.05, 4.69) is 5.32 Å². The van der Waals surface area contributed by atoms with Crippen molar-refractivity contribution in [1.29, 1.82) is 0 Å². The average molecular weight is 342 g/mol. The summed E-state index contributed by atoms with van der Waals surface area (Å²) in [6.07, 6.45) is 2.88. The van der Waals surface area contributed by atoms with Gasteiger partial charge in [-0.15, -0.1) is 0 Å². The summed E-state index contributed by atoms with van der Waals surface area (Å²) < 4.78 is 1.35. The van der Waals surface area contributed by atoms with E-state index in [1.165, 1.54) is 10.6 Å². The molecule has 6 nitrogen and oxygen atoms in total. The molecule has 25 heavy (non-hydrogen) atoms. The highest BCUT2D eigenvalue weighted by molar-refractivity contribution is 5.86. The van der Waals surface area contributed by atoms with Crippen LogP contribution in [0.2, 0.25) is 0 Å². The number of pyridine rings is 1. The van der Waals surface area contributed by atoms with Crippen molar-refractivity contribution in [2.24, 2.45) is 0 Å². The molecule has 2 atom stereocenters. The Balaban J connectivity index is 2.18. The summed E-state index contributed by atoms with van der Waals surface area (Å²) in [5, 5.41) is 12.0. The molecule has 6 heteroatoms. The fourth-order valence-corrected chi connectivity index (χ4v) is 2.69. The van der Waals surface area contributed by atoms with Gasteiger partial charge in [0.1, 0.15) is 12.1 Å². The Kier molecular flexibility index (Phi) is 6.51. The van der Waals surface area contributed by atoms with Gasteiger partial charge in [-0.1, -0.05) is 49.7 Å². The number of aromatic nitrogens is 1. The number of hydrogen-bond acceptors (Lipinski definition) is 3. The van der Waals surface area contributed by atoms with Gasteiger partial charge in [-0.3, -0.25) is 9.59 Å². The molecule has 0 aliphatic rings. The molecule has 1 amide bonds. The first-order chi connectivity index (χ1) is 12.0. The van der Waals surface area contributed by atoms with E-state index in [-0.39, 0.29) is 12.0 Å². The molecule has 0 aliphatic carbocycles. The Labute approximate surface area is 146 Å². The van der Waals surface area contributed by atoms with E-state index in [0.29, 0.717) is 12.8 Å². The molecule has 2 rings (SSSR count). The molecule has 0 radical (unpaired) electrons. The summed E-state index contributed by atoms with van der Waals surface area (Å²) in [6.45, 7) is 1.91. The number of carboxylic acid groups (broad SMARTS) is 1. The zero-order chi connectivity index (χ0) is 18.2. The van der Waals surface area contributed by atoms with Crippen molar-refractivity contribution in [3.05, 3.63) is 70.6 Å². The van der Waals surface area contributed by atoms with Crippen LogP contribution in [-0.4, -0.2) is 27.6 Å². The second-order valence-electron chi connectivity index (χ2n) is 5.84. The summed E-state index contributed by atoms with van der Waals surface area (Å²) in [5.74, 6) is -1.56. The first-order valence-corrected chi connectivity index (χ1v) is 8.27. The monoisotopic (exact) mass is 342 g/mol. The largest absolute Gasteiger partial charge is 0.480 e. The van der Waals surface area contributed by atoms with Crippen LogP contribution in [0.25, 0.3) is 0 Å². The summed E-state index contributed by atoms with van der Waals surface area (Å²) in [4.78, 5) is 36.2. The SMILES string of the molecule is CCCC(C(=O)NC(Cc1ccccc1)C(=O)O)n1ccccc1=O. The highest BCUT2D eigenvalue weighted by Crippen LogP contribution is 2.13. The van der Waals surface area contributed by atoms with Gasteiger partial charge in [-0.05, 0) is 18.1 Å². The fraction of sp³-hybridized carbons (Fsp3) is 0.316. The van der Waals surface area contributed by atoms with Crippen LogP contribution in [-0.2, 0) is 16.0 Å². The lowest BCUT2D eigenvalue weighted by Crippen LogP contribution is -2.46. The highest BCUT2D eigenvalue weighted by atomic mass is 16.4. The number of rotatable bonds is 8. The van der Waals surface area contributed by atoms with Gasteiger partial charge in [0.15, 0.2) is 0 Å². The zero-order valence-electron chi connectivity index (χ0n) is 14.1. The maximum atomic E-state index is 12.7. The molecule has 0 saturated carbocycles. The first kappa shape index (κ1) is 18.4. The van der Waals surface area contributed by atoms with E-state index in [4.69, 9.17) is 0 Å². The van der Waals surface area contributed by atoms with Gasteiger partial charge in [0.2, 0.25) is 5.91 Å². The summed E-state index contributed by atoms with van der Waals surface area (Å²) in [7, 11) is 0. The number of nitrogens with zero attached hydrogens (tertiary/aromatic N) is 1. The van der Waals surface area contributed by atoms with Gasteiger partial charge in [0, 0.05) is 18.7 Å². The number of carbonyl (C=O) groups is 2. The van der Waals surface area contributed by atoms with Gasteiger partial charge in [-0.25, -0.2) is 4.79 Å². The number of nitrogens with one attached hydrogen (secondary N) is 1. The van der Waals surface area contributed by atoms with Crippen LogP contribution in [0.1, 0.15) is 31.4 Å². The molecular formula is C19H22N2O4. The third-order valence-corrected chi connectivity index (χ3v) is 3.95. The van der Waals surface area contributed by atoms with E-state index in [1.807, 2.05) is 37.3 Å². The fourth-order valence-electron chi connectivity index (χ4n) is 2.69. The molecule has 1 heterocycles. The van der Waals surface area contributed by atoms with Crippen molar-refractivity contribution >= 4 is 11.9 Å². The van der Waals surface area contributed by atoms with Crippen LogP contribution in [0.15, 0.2) is 59.5 Å². The molecule has 0 bridgehead atoms. The third-order valence-electron chi connectivity index (χ3n) is 3.95. The van der Waals surface area contributed by atoms with Crippen LogP contribution in [0.3, 0.4) is 0 Å². The molecule has 1 aromatic heterocycles. The van der Waals surface area contributed by atoms with Crippen molar-refractivity contribution in [3.63, 3.8) is 0 Å². The lowest BCUT2D eigenvalue weighted by atomic mass is 10.0. The van der Waals surface area contributed by atoms with E-state index >= 15 is 0 Å². The number of carboxylic acids is 1. The predicted molar refractivity (Wildman–Crippen MR) is 94.4 cm³/mol. The van der Waals surface area contributed by atoms with Crippen molar-refractivity contribution in [3.8, 4) is 0 Å². The smallest absolute Gasteiger partial charge is 0.326 e. The molecule has 1 aromatic carbocycles. The van der Waals surface area contributed by atoms with Gasteiger partial charge >= 0.3 is 5.97 Å². The second-order valence-corrected chi connectivity index (χ2v) is 5.84. The van der Waals surface area contributed by atoms with Crippen LogP contribution in [0.4, 0.5) is 0 Å². The molecule has 0 saturated heterocycles. The van der Waals surface area contributed by atoms with Crippen molar-refractivity contribution in [1.82, 2.24) is 9.88 Å². The normalized spacial score (nSPS) is 13.0. The van der Waals surface area contributed by atoms with Crippen LogP contribution >= 0.6 is 0 Å². The van der Waals surface area contributed by atoms with Crippen LogP contribution in [0.5, 0.6) is 0 Å². The van der Waals surface area contributed by atoms with E-state index in [1.54, 1.807) is 18.3 Å². The first-order valence-electron chi connectivity index (χ1n) is 8.27. The number of hydrogen-bond donors (Lipinski definition) is 2. The molecule has 0 spiro atoms. The molecule has 2 N–H and O–H groups in total. The summed E-state index contributed by atoms with van der Waals surface area (Å²) in [5.41, 5.74) is 0.533. The Morgan fingerprint density at radius 3 is 2.40 bits per heavy atom. The van der Waals surface area contributed by atoms with Gasteiger partial charge in [0.05, 0.1) is 0 Å². The predicted octanol–water partition coefficient (Wildman–Crippen LogP) is 2.00. The molecule has 2 aromatic rings. The number of benzene rings is 1. The Hall–Kier alpha value is -2.89. The Bertz CT molecular complexity index is 770. The number of amides is 1. The van der Waals surface area contributed by atoms with Crippen molar-refractivity contribution in [2.75, 3.05) is 0 Å². The summed E-state index contributed by atoms with van der Waals surface area (Å²) >= 11 is 0. The van der Waals surface area contributed by atoms with Crippen molar-refractivity contribution < 1.29 is 14.7 Å². The standard InChI is InChI=1S/C19H22N2O4/c1-2-8-16(21-12-7-6-11-17(21)22)18(23)20-15(19(24)25)13-14-9-4-3-5-10-14/h3-7,9-12,15-16H,2,8,13H2,1H3,(H,20,23)(H,24,25). The van der Waals surface area contributed by atoms with Crippen LogP contribution < -0.4 is 10.9 Å². The average Bonchev–Trinajstić information content (AvgIpc) is 2.60. The number of aliphatic carboxylic acids is 1. The molecular weight excluding hydrogens is 320 g/mol. The second kappa shape index (κ2) is 8.82. The van der Waals surface area contributed by atoms with Gasteiger partial charge in [0.25, 0.3) is 5.56 Å². The third kappa shape index (κ3) is 5.04. The topological polar surface area (TPSA) is 88.4 Å². The lowest BCUT2D eigenvalue weighted by molar-refractivity contribution is -0.142. The Morgan fingerprint density at radius 2 is 1.80 bits per heavy atom. The Morgan fingerprint density at radius 1 is 1.12 bits per heavy atom. The molecule has 132 valence electrons. The van der Waals surface area contributed by atoms with Gasteiger partial charge in [-0.2, -0.15) is 0 Å². The molecule has 0 fully saturated rings. The van der Waals surface area contributed by atoms with Gasteiger partial charge < -0.3 is 15.0 Å². The summed E-state index contributed by atoms with van der Waals surface area (Å²) in [6, 6.07) is 12.0. The van der Waals surface area contributed by atoms with Crippen molar-refractivity contribution in [2.45, 2.75) is 38.3 Å². The van der Waals surface area contributed by atoms with E-state index < -0.39 is 24.0 Å². The molecule has 0 aliphatic heterocycles. The quantitative estimate of drug-likeness (QED) is 0.768. The lowest BCUT2D eigenvalue weighted by Gasteiger charge is -2.22.